The molecule has 19 heavy (non-hydrogen) atoms. The van der Waals surface area contributed by atoms with Crippen LogP contribution < -0.4 is 0 Å². The molecule has 0 saturated carbocycles. The Hall–Kier alpha value is -2.17. The maximum atomic E-state index is 11.6. The van der Waals surface area contributed by atoms with Gasteiger partial charge in [0, 0.05) is 12.8 Å². The number of hydrogen-bond acceptors (Lipinski definition) is 4. The number of rotatable bonds is 4. The van der Waals surface area contributed by atoms with Gasteiger partial charge in [0.1, 0.15) is 13.2 Å². The van der Waals surface area contributed by atoms with Gasteiger partial charge in [-0.25, -0.2) is 0 Å². The topological polar surface area (TPSA) is 63.7 Å². The summed E-state index contributed by atoms with van der Waals surface area (Å²) in [7, 11) is 0. The number of piperidine rings is 1. The van der Waals surface area contributed by atoms with E-state index in [9.17, 15) is 14.4 Å². The molecule has 0 bridgehead atoms. The smallest absolute Gasteiger partial charge is 0.326 e. The molecule has 1 heterocycles. The highest BCUT2D eigenvalue weighted by Crippen LogP contribution is 2.12. The second-order valence-electron chi connectivity index (χ2n) is 4.37. The normalized spacial score (nSPS) is 15.5. The van der Waals surface area contributed by atoms with E-state index in [0.717, 1.165) is 10.5 Å². The molecule has 0 unspecified atom stereocenters. The van der Waals surface area contributed by atoms with Crippen LogP contribution in [0.3, 0.4) is 0 Å². The van der Waals surface area contributed by atoms with Gasteiger partial charge in [-0.1, -0.05) is 30.3 Å². The lowest BCUT2D eigenvalue weighted by atomic mass is 10.1. The monoisotopic (exact) mass is 261 g/mol. The summed E-state index contributed by atoms with van der Waals surface area (Å²) in [5.74, 6) is -1.16. The third-order valence-corrected chi connectivity index (χ3v) is 2.91. The van der Waals surface area contributed by atoms with Gasteiger partial charge >= 0.3 is 5.97 Å². The van der Waals surface area contributed by atoms with Crippen LogP contribution in [0.5, 0.6) is 0 Å². The third kappa shape index (κ3) is 3.64. The molecule has 1 saturated heterocycles. The van der Waals surface area contributed by atoms with Crippen molar-refractivity contribution in [3.8, 4) is 0 Å². The van der Waals surface area contributed by atoms with Crippen molar-refractivity contribution in [2.45, 2.75) is 25.9 Å². The number of carbonyl (C=O) groups is 3. The van der Waals surface area contributed by atoms with Crippen molar-refractivity contribution in [2.24, 2.45) is 0 Å². The van der Waals surface area contributed by atoms with Crippen molar-refractivity contribution >= 4 is 17.8 Å². The van der Waals surface area contributed by atoms with E-state index in [1.165, 1.54) is 0 Å². The van der Waals surface area contributed by atoms with E-state index in [1.807, 2.05) is 30.3 Å². The summed E-state index contributed by atoms with van der Waals surface area (Å²) < 4.78 is 5.04. The predicted molar refractivity (Wildman–Crippen MR) is 66.8 cm³/mol. The standard InChI is InChI=1S/C14H15NO4/c16-12-7-4-8-13(17)15(12)9-14(18)19-10-11-5-2-1-3-6-11/h1-3,5-6H,4,7-10H2. The van der Waals surface area contributed by atoms with Crippen molar-refractivity contribution < 1.29 is 19.1 Å². The van der Waals surface area contributed by atoms with Crippen LogP contribution in [-0.4, -0.2) is 29.2 Å². The molecule has 1 aromatic carbocycles. The molecule has 100 valence electrons. The molecule has 2 amide bonds. The lowest BCUT2D eigenvalue weighted by Crippen LogP contribution is -2.43. The van der Waals surface area contributed by atoms with Gasteiger partial charge in [0.25, 0.3) is 0 Å². The Bertz CT molecular complexity index is 467. The molecule has 1 aliphatic heterocycles. The van der Waals surface area contributed by atoms with Gasteiger partial charge in [-0.15, -0.1) is 0 Å². The van der Waals surface area contributed by atoms with Crippen LogP contribution in [0.2, 0.25) is 0 Å². The average molecular weight is 261 g/mol. The minimum absolute atomic E-state index is 0.149. The van der Waals surface area contributed by atoms with E-state index in [4.69, 9.17) is 4.74 Å². The highest BCUT2D eigenvalue weighted by atomic mass is 16.5. The minimum Gasteiger partial charge on any atom is -0.459 e. The van der Waals surface area contributed by atoms with Crippen molar-refractivity contribution in [2.75, 3.05) is 6.54 Å². The molecule has 0 N–H and O–H groups in total. The summed E-state index contributed by atoms with van der Waals surface area (Å²) >= 11 is 0. The summed E-state index contributed by atoms with van der Waals surface area (Å²) in [5.41, 5.74) is 0.868. The van der Waals surface area contributed by atoms with Gasteiger partial charge in [0.05, 0.1) is 0 Å². The van der Waals surface area contributed by atoms with Crippen molar-refractivity contribution in [1.82, 2.24) is 4.90 Å². The average Bonchev–Trinajstić information content (AvgIpc) is 2.42. The fraction of sp³-hybridized carbons (Fsp3) is 0.357. The maximum absolute atomic E-state index is 11.6. The molecule has 0 spiro atoms. The zero-order chi connectivity index (χ0) is 13.7. The molecule has 0 atom stereocenters. The lowest BCUT2D eigenvalue weighted by molar-refractivity contribution is -0.158. The van der Waals surface area contributed by atoms with Crippen molar-refractivity contribution in [1.29, 1.82) is 0 Å². The number of nitrogens with zero attached hydrogens (tertiary/aromatic N) is 1. The van der Waals surface area contributed by atoms with Crippen LogP contribution in [0.4, 0.5) is 0 Å². The van der Waals surface area contributed by atoms with E-state index in [1.54, 1.807) is 0 Å². The van der Waals surface area contributed by atoms with E-state index < -0.39 is 5.97 Å². The number of hydrogen-bond donors (Lipinski definition) is 0. The number of imide groups is 1. The predicted octanol–water partition coefficient (Wildman–Crippen LogP) is 1.27. The SMILES string of the molecule is O=C(CN1C(=O)CCCC1=O)OCc1ccccc1. The zero-order valence-corrected chi connectivity index (χ0v) is 10.5. The van der Waals surface area contributed by atoms with E-state index in [-0.39, 0.29) is 25.0 Å². The van der Waals surface area contributed by atoms with Gasteiger partial charge in [0.2, 0.25) is 11.8 Å². The van der Waals surface area contributed by atoms with Crippen molar-refractivity contribution in [3.05, 3.63) is 35.9 Å². The Balaban J connectivity index is 1.84. The molecule has 1 aliphatic rings. The summed E-state index contributed by atoms with van der Waals surface area (Å²) in [6, 6.07) is 9.24. The highest BCUT2D eigenvalue weighted by molar-refractivity contribution is 6.00. The van der Waals surface area contributed by atoms with Gasteiger partial charge in [0.15, 0.2) is 0 Å². The number of carbonyl (C=O) groups excluding carboxylic acids is 3. The van der Waals surface area contributed by atoms with Crippen molar-refractivity contribution in [3.63, 3.8) is 0 Å². The Morgan fingerprint density at radius 3 is 2.37 bits per heavy atom. The highest BCUT2D eigenvalue weighted by Gasteiger charge is 2.28. The molecular weight excluding hydrogens is 246 g/mol. The summed E-state index contributed by atoms with van der Waals surface area (Å²) in [6.07, 6.45) is 1.20. The molecular formula is C14H15NO4. The van der Waals surface area contributed by atoms with Gasteiger partial charge in [-0.3, -0.25) is 19.3 Å². The molecule has 5 heteroatoms. The second-order valence-corrected chi connectivity index (χ2v) is 4.37. The minimum atomic E-state index is -0.563. The summed E-state index contributed by atoms with van der Waals surface area (Å²) in [6.45, 7) is -0.138. The van der Waals surface area contributed by atoms with Gasteiger partial charge < -0.3 is 4.74 Å². The van der Waals surface area contributed by atoms with Crippen LogP contribution in [0.25, 0.3) is 0 Å². The maximum Gasteiger partial charge on any atom is 0.326 e. The van der Waals surface area contributed by atoms with Crippen LogP contribution >= 0.6 is 0 Å². The Morgan fingerprint density at radius 2 is 1.74 bits per heavy atom. The Kier molecular flexibility index (Phi) is 4.28. The third-order valence-electron chi connectivity index (χ3n) is 2.91. The Labute approximate surface area is 111 Å². The van der Waals surface area contributed by atoms with Crippen LogP contribution in [0, 0.1) is 0 Å². The first-order chi connectivity index (χ1) is 9.16. The first-order valence-electron chi connectivity index (χ1n) is 6.19. The fourth-order valence-electron chi connectivity index (χ4n) is 1.89. The zero-order valence-electron chi connectivity index (χ0n) is 10.5. The Morgan fingerprint density at radius 1 is 1.11 bits per heavy atom. The summed E-state index contributed by atoms with van der Waals surface area (Å²) in [4.78, 5) is 35.6. The molecule has 0 aliphatic carbocycles. The quantitative estimate of drug-likeness (QED) is 0.605. The number of ether oxygens (including phenoxy) is 1. The van der Waals surface area contributed by atoms with E-state index in [0.29, 0.717) is 19.3 Å². The molecule has 1 aromatic rings. The van der Waals surface area contributed by atoms with Crippen LogP contribution in [-0.2, 0) is 25.7 Å². The second kappa shape index (κ2) is 6.13. The van der Waals surface area contributed by atoms with E-state index in [2.05, 4.69) is 0 Å². The van der Waals surface area contributed by atoms with Crippen LogP contribution in [0.15, 0.2) is 30.3 Å². The largest absolute Gasteiger partial charge is 0.459 e. The molecule has 0 aromatic heterocycles. The number of benzene rings is 1. The first kappa shape index (κ1) is 13.3. The summed E-state index contributed by atoms with van der Waals surface area (Å²) in [5, 5.41) is 0. The lowest BCUT2D eigenvalue weighted by Gasteiger charge is -2.23. The molecule has 5 nitrogen and oxygen atoms in total. The van der Waals surface area contributed by atoms with Gasteiger partial charge in [-0.05, 0) is 12.0 Å². The molecule has 2 rings (SSSR count). The molecule has 1 fully saturated rings. The van der Waals surface area contributed by atoms with Crippen LogP contribution in [0.1, 0.15) is 24.8 Å². The first-order valence-corrected chi connectivity index (χ1v) is 6.19. The van der Waals surface area contributed by atoms with Gasteiger partial charge in [-0.2, -0.15) is 0 Å². The van der Waals surface area contributed by atoms with E-state index >= 15 is 0 Å². The molecule has 0 radical (unpaired) electrons. The number of likely N-dealkylation sites (tertiary alicyclic amines) is 1. The number of amides is 2. The number of esters is 1. The fourth-order valence-corrected chi connectivity index (χ4v) is 1.89.